The van der Waals surface area contributed by atoms with Crippen molar-refractivity contribution in [3.05, 3.63) is 30.3 Å². The Bertz CT molecular complexity index is 300. The molecule has 1 atom stereocenters. The summed E-state index contributed by atoms with van der Waals surface area (Å²) in [6, 6.07) is 9.47. The highest BCUT2D eigenvalue weighted by molar-refractivity contribution is 7.99. The average Bonchev–Trinajstić information content (AvgIpc) is 2.24. The summed E-state index contributed by atoms with van der Waals surface area (Å²) in [6.45, 7) is 0. The van der Waals surface area contributed by atoms with Gasteiger partial charge in [0.1, 0.15) is 6.10 Å². The quantitative estimate of drug-likeness (QED) is 0.637. The van der Waals surface area contributed by atoms with Crippen molar-refractivity contribution in [1.29, 1.82) is 0 Å². The summed E-state index contributed by atoms with van der Waals surface area (Å²) in [6.07, 6.45) is -6.56. The van der Waals surface area contributed by atoms with Crippen molar-refractivity contribution in [1.82, 2.24) is 0 Å². The van der Waals surface area contributed by atoms with Crippen molar-refractivity contribution in [2.24, 2.45) is 0 Å². The number of hydrogen-bond donors (Lipinski definition) is 1. The molecule has 1 N–H and O–H groups in total. The van der Waals surface area contributed by atoms with Gasteiger partial charge in [0.15, 0.2) is 0 Å². The summed E-state index contributed by atoms with van der Waals surface area (Å²) >= 11 is 1.49. The maximum atomic E-state index is 11.9. The van der Waals surface area contributed by atoms with E-state index in [4.69, 9.17) is 5.11 Å². The number of rotatable bonds is 5. The van der Waals surface area contributed by atoms with Crippen LogP contribution in [0.3, 0.4) is 0 Å². The summed E-state index contributed by atoms with van der Waals surface area (Å²) in [4.78, 5) is 1.03. The standard InChI is InChI=1S/C11H13F3OS/c12-11(13,14)10(15)7-4-8-16-9-5-2-1-3-6-9/h1-3,5-6,10,15H,4,7-8H2/t10-/m0/s1. The summed E-state index contributed by atoms with van der Waals surface area (Å²) in [5.74, 6) is 0.581. The summed E-state index contributed by atoms with van der Waals surface area (Å²) in [5.41, 5.74) is 0. The zero-order chi connectivity index (χ0) is 12.0. The van der Waals surface area contributed by atoms with E-state index in [1.807, 2.05) is 30.3 Å². The normalized spacial score (nSPS) is 13.8. The number of aliphatic hydroxyl groups is 1. The Labute approximate surface area is 96.7 Å². The summed E-state index contributed by atoms with van der Waals surface area (Å²) in [5, 5.41) is 8.75. The van der Waals surface area contributed by atoms with Gasteiger partial charge in [-0.1, -0.05) is 18.2 Å². The van der Waals surface area contributed by atoms with E-state index in [0.717, 1.165) is 4.90 Å². The molecule has 16 heavy (non-hydrogen) atoms. The van der Waals surface area contributed by atoms with Gasteiger partial charge in [-0.2, -0.15) is 13.2 Å². The van der Waals surface area contributed by atoms with Gasteiger partial charge in [-0.25, -0.2) is 0 Å². The largest absolute Gasteiger partial charge is 0.414 e. The SMILES string of the molecule is O[C@@H](CCCSc1ccccc1)C(F)(F)F. The molecule has 0 aromatic heterocycles. The molecule has 0 amide bonds. The second kappa shape index (κ2) is 6.15. The molecule has 0 saturated heterocycles. The first kappa shape index (κ1) is 13.4. The van der Waals surface area contributed by atoms with Crippen LogP contribution in [0.25, 0.3) is 0 Å². The Morgan fingerprint density at radius 2 is 1.81 bits per heavy atom. The predicted octanol–water partition coefficient (Wildman–Crippen LogP) is 3.48. The van der Waals surface area contributed by atoms with Crippen LogP contribution in [0.1, 0.15) is 12.8 Å². The minimum Gasteiger partial charge on any atom is -0.384 e. The summed E-state index contributed by atoms with van der Waals surface area (Å²) < 4.78 is 35.8. The van der Waals surface area contributed by atoms with Crippen LogP contribution in [-0.4, -0.2) is 23.1 Å². The van der Waals surface area contributed by atoms with E-state index in [1.54, 1.807) is 0 Å². The second-order valence-corrected chi connectivity index (χ2v) is 4.53. The van der Waals surface area contributed by atoms with Crippen LogP contribution in [0, 0.1) is 0 Å². The predicted molar refractivity (Wildman–Crippen MR) is 58.5 cm³/mol. The van der Waals surface area contributed by atoms with E-state index in [9.17, 15) is 13.2 Å². The van der Waals surface area contributed by atoms with Crippen molar-refractivity contribution in [2.45, 2.75) is 30.0 Å². The van der Waals surface area contributed by atoms with E-state index < -0.39 is 12.3 Å². The van der Waals surface area contributed by atoms with E-state index in [0.29, 0.717) is 12.2 Å². The van der Waals surface area contributed by atoms with Crippen LogP contribution in [0.5, 0.6) is 0 Å². The average molecular weight is 250 g/mol. The van der Waals surface area contributed by atoms with Gasteiger partial charge in [0.2, 0.25) is 0 Å². The highest BCUT2D eigenvalue weighted by Gasteiger charge is 2.37. The Morgan fingerprint density at radius 3 is 2.38 bits per heavy atom. The zero-order valence-corrected chi connectivity index (χ0v) is 9.39. The third kappa shape index (κ3) is 4.90. The lowest BCUT2D eigenvalue weighted by atomic mass is 10.2. The molecule has 0 aliphatic heterocycles. The fourth-order valence-corrected chi connectivity index (χ4v) is 2.04. The van der Waals surface area contributed by atoms with Crippen LogP contribution in [0.4, 0.5) is 13.2 Å². The highest BCUT2D eigenvalue weighted by atomic mass is 32.2. The lowest BCUT2D eigenvalue weighted by molar-refractivity contribution is -0.205. The van der Waals surface area contributed by atoms with Crippen molar-refractivity contribution in [2.75, 3.05) is 5.75 Å². The fraction of sp³-hybridized carbons (Fsp3) is 0.455. The molecule has 1 nitrogen and oxygen atoms in total. The van der Waals surface area contributed by atoms with Gasteiger partial charge < -0.3 is 5.11 Å². The first-order valence-corrected chi connectivity index (χ1v) is 5.91. The third-order valence-corrected chi connectivity index (χ3v) is 3.11. The lowest BCUT2D eigenvalue weighted by Crippen LogP contribution is -2.28. The van der Waals surface area contributed by atoms with Crippen LogP contribution in [0.15, 0.2) is 35.2 Å². The molecule has 0 saturated carbocycles. The fourth-order valence-electron chi connectivity index (χ4n) is 1.15. The molecule has 0 heterocycles. The maximum absolute atomic E-state index is 11.9. The minimum atomic E-state index is -4.49. The molecule has 0 fully saturated rings. The van der Waals surface area contributed by atoms with E-state index >= 15 is 0 Å². The van der Waals surface area contributed by atoms with Crippen molar-refractivity contribution >= 4 is 11.8 Å². The number of aliphatic hydroxyl groups excluding tert-OH is 1. The molecule has 0 aliphatic carbocycles. The highest BCUT2D eigenvalue weighted by Crippen LogP contribution is 2.25. The van der Waals surface area contributed by atoms with E-state index in [2.05, 4.69) is 0 Å². The van der Waals surface area contributed by atoms with Crippen LogP contribution in [0.2, 0.25) is 0 Å². The Kier molecular flexibility index (Phi) is 5.15. The first-order chi connectivity index (χ1) is 7.50. The molecule has 0 aliphatic rings. The molecule has 5 heteroatoms. The van der Waals surface area contributed by atoms with Gasteiger partial charge in [0.05, 0.1) is 0 Å². The first-order valence-electron chi connectivity index (χ1n) is 4.93. The number of alkyl halides is 3. The Balaban J connectivity index is 2.18. The van der Waals surface area contributed by atoms with E-state index in [-0.39, 0.29) is 6.42 Å². The van der Waals surface area contributed by atoms with Crippen molar-refractivity contribution in [3.63, 3.8) is 0 Å². The van der Waals surface area contributed by atoms with Gasteiger partial charge in [-0.05, 0) is 30.7 Å². The monoisotopic (exact) mass is 250 g/mol. The van der Waals surface area contributed by atoms with Gasteiger partial charge >= 0.3 is 6.18 Å². The topological polar surface area (TPSA) is 20.2 Å². The smallest absolute Gasteiger partial charge is 0.384 e. The van der Waals surface area contributed by atoms with Gasteiger partial charge in [0, 0.05) is 4.90 Å². The molecular weight excluding hydrogens is 237 g/mol. The number of hydrogen-bond acceptors (Lipinski definition) is 2. The van der Waals surface area contributed by atoms with Gasteiger partial charge in [0.25, 0.3) is 0 Å². The molecule has 0 radical (unpaired) electrons. The molecule has 1 rings (SSSR count). The Morgan fingerprint density at radius 1 is 1.19 bits per heavy atom. The van der Waals surface area contributed by atoms with Crippen LogP contribution in [-0.2, 0) is 0 Å². The minimum absolute atomic E-state index is 0.233. The van der Waals surface area contributed by atoms with E-state index in [1.165, 1.54) is 11.8 Å². The molecule has 1 aromatic carbocycles. The lowest BCUT2D eigenvalue weighted by Gasteiger charge is -2.13. The molecule has 0 spiro atoms. The molecule has 0 bridgehead atoms. The molecule has 1 aromatic rings. The number of thioether (sulfide) groups is 1. The third-order valence-electron chi connectivity index (χ3n) is 2.01. The molecular formula is C11H13F3OS. The van der Waals surface area contributed by atoms with Crippen LogP contribution >= 0.6 is 11.8 Å². The zero-order valence-electron chi connectivity index (χ0n) is 8.57. The number of benzene rings is 1. The van der Waals surface area contributed by atoms with Gasteiger partial charge in [-0.3, -0.25) is 0 Å². The van der Waals surface area contributed by atoms with Crippen molar-refractivity contribution in [3.8, 4) is 0 Å². The molecule has 90 valence electrons. The Hall–Kier alpha value is -0.680. The number of halogens is 3. The summed E-state index contributed by atoms with van der Waals surface area (Å²) in [7, 11) is 0. The van der Waals surface area contributed by atoms with Crippen molar-refractivity contribution < 1.29 is 18.3 Å². The molecule has 0 unspecified atom stereocenters. The second-order valence-electron chi connectivity index (χ2n) is 3.36. The van der Waals surface area contributed by atoms with Gasteiger partial charge in [-0.15, -0.1) is 11.8 Å². The van der Waals surface area contributed by atoms with Crippen LogP contribution < -0.4 is 0 Å². The maximum Gasteiger partial charge on any atom is 0.414 e.